The van der Waals surface area contributed by atoms with Crippen LogP contribution in [0.1, 0.15) is 24.0 Å². The number of morpholine rings is 1. The summed E-state index contributed by atoms with van der Waals surface area (Å²) in [7, 11) is 0. The first-order valence-electron chi connectivity index (χ1n) is 11.0. The molecule has 0 unspecified atom stereocenters. The molecule has 1 aliphatic heterocycles. The Kier molecular flexibility index (Phi) is 14.5. The Morgan fingerprint density at radius 1 is 0.944 bits per heavy atom. The van der Waals surface area contributed by atoms with Crippen LogP contribution in [0.15, 0.2) is 33.7 Å². The smallest absolute Gasteiger partial charge is 0.351 e. The van der Waals surface area contributed by atoms with Gasteiger partial charge in [-0.1, -0.05) is 0 Å². The van der Waals surface area contributed by atoms with Gasteiger partial charge in [0.15, 0.2) is 11.9 Å². The average Bonchev–Trinajstić information content (AvgIpc) is 3.58. The Hall–Kier alpha value is -2.88. The summed E-state index contributed by atoms with van der Waals surface area (Å²) in [4.78, 5) is 37.7. The number of carbonyl (C=O) groups is 4. The Morgan fingerprint density at radius 2 is 1.42 bits per heavy atom. The highest BCUT2D eigenvalue weighted by Gasteiger charge is 2.32. The first-order chi connectivity index (χ1) is 17.1. The van der Waals surface area contributed by atoms with E-state index in [-0.39, 0.29) is 0 Å². The van der Waals surface area contributed by atoms with E-state index in [9.17, 15) is 5.11 Å². The number of hydrogen-bond acceptors (Lipinski definition) is 10. The number of aliphatic hydroxyl groups is 1. The highest BCUT2D eigenvalue weighted by atomic mass is 32.1. The molecule has 0 aromatic carbocycles. The number of ether oxygens (including phenoxy) is 1. The lowest BCUT2D eigenvalue weighted by atomic mass is 9.87. The van der Waals surface area contributed by atoms with Crippen LogP contribution in [0.3, 0.4) is 0 Å². The molecule has 12 nitrogen and oxygen atoms in total. The number of carboxylic acids is 4. The number of rotatable bonds is 9. The van der Waals surface area contributed by atoms with Crippen LogP contribution < -0.4 is 20.4 Å². The normalized spacial score (nSPS) is 13.5. The predicted molar refractivity (Wildman–Crippen MR) is 124 cm³/mol. The van der Waals surface area contributed by atoms with Gasteiger partial charge in [-0.15, -0.1) is 0 Å². The Morgan fingerprint density at radius 3 is 1.81 bits per heavy atom. The molecule has 0 atom stereocenters. The van der Waals surface area contributed by atoms with Crippen molar-refractivity contribution in [2.24, 2.45) is 0 Å². The molecule has 14 heteroatoms. The molecule has 1 saturated heterocycles. The van der Waals surface area contributed by atoms with Crippen LogP contribution >= 0.6 is 22.7 Å². The zero-order valence-corrected chi connectivity index (χ0v) is 21.1. The summed E-state index contributed by atoms with van der Waals surface area (Å²) in [5.41, 5.74) is 1.21. The van der Waals surface area contributed by atoms with Gasteiger partial charge in [-0.3, -0.25) is 0 Å². The Balaban J connectivity index is 0.000000450. The van der Waals surface area contributed by atoms with E-state index in [1.165, 1.54) is 13.0 Å². The second-order valence-electron chi connectivity index (χ2n) is 7.65. The number of nitrogens with two attached hydrogens (primary N) is 1. The molecular weight excluding hydrogens is 516 g/mol. The molecule has 1 fully saturated rings. The third-order valence-corrected chi connectivity index (χ3v) is 6.56. The highest BCUT2D eigenvalue weighted by Crippen LogP contribution is 2.34. The number of quaternary nitrogens is 2. The fraction of sp³-hybridized carbons (Fsp3) is 0.455. The summed E-state index contributed by atoms with van der Waals surface area (Å²) in [6.07, 6.45) is 1.98. The maximum atomic E-state index is 11.3. The van der Waals surface area contributed by atoms with Crippen molar-refractivity contribution in [2.45, 2.75) is 18.4 Å². The lowest BCUT2D eigenvalue weighted by Crippen LogP contribution is -3.14. The van der Waals surface area contributed by atoms with Crippen LogP contribution in [0.5, 0.6) is 0 Å². The summed E-state index contributed by atoms with van der Waals surface area (Å²) in [6.45, 7) is 7.43. The molecule has 1 aliphatic rings. The number of nitrogens with one attached hydrogen (secondary N) is 1. The molecule has 0 saturated carbocycles. The molecular formula is C22H30N2O10S2. The van der Waals surface area contributed by atoms with Gasteiger partial charge >= 0.3 is 11.9 Å². The lowest BCUT2D eigenvalue weighted by molar-refractivity contribution is -0.909. The summed E-state index contributed by atoms with van der Waals surface area (Å²) < 4.78 is 5.40. The molecule has 2 aromatic heterocycles. The van der Waals surface area contributed by atoms with E-state index in [2.05, 4.69) is 16.1 Å². The van der Waals surface area contributed by atoms with E-state index in [1.807, 2.05) is 22.9 Å². The van der Waals surface area contributed by atoms with Gasteiger partial charge in [0.25, 0.3) is 0 Å². The monoisotopic (exact) mass is 546 g/mol. The molecule has 0 amide bonds. The number of thiophene rings is 2. The fourth-order valence-electron chi connectivity index (χ4n) is 3.32. The molecule has 0 bridgehead atoms. The Bertz CT molecular complexity index is 847. The molecule has 3 heterocycles. The van der Waals surface area contributed by atoms with Crippen molar-refractivity contribution in [1.29, 1.82) is 0 Å². The Labute approximate surface area is 215 Å². The minimum absolute atomic E-state index is 0.755. The third-order valence-electron chi connectivity index (χ3n) is 5.20. The van der Waals surface area contributed by atoms with Crippen LogP contribution in [-0.4, -0.2) is 85.1 Å². The van der Waals surface area contributed by atoms with E-state index < -0.39 is 29.5 Å². The van der Waals surface area contributed by atoms with E-state index in [4.69, 9.17) is 44.3 Å². The SMILES string of the molecule is O=C([O-])C(=O)O.O=C([O-])C(=O)O.OC(CC[NH2+]CCC[NH+]1CCOCC1)(c1ccsc1)c1ccsc1. The molecule has 3 rings (SSSR count). The van der Waals surface area contributed by atoms with E-state index in [1.54, 1.807) is 27.6 Å². The second-order valence-corrected chi connectivity index (χ2v) is 9.21. The first kappa shape index (κ1) is 31.2. The lowest BCUT2D eigenvalue weighted by Gasteiger charge is -2.26. The zero-order chi connectivity index (χ0) is 27.0. The van der Waals surface area contributed by atoms with Crippen molar-refractivity contribution in [2.75, 3.05) is 45.9 Å². The quantitative estimate of drug-likeness (QED) is 0.152. The van der Waals surface area contributed by atoms with Crippen LogP contribution in [0.4, 0.5) is 0 Å². The number of hydrogen-bond donors (Lipinski definition) is 5. The molecule has 6 N–H and O–H groups in total. The molecule has 0 spiro atoms. The maximum absolute atomic E-state index is 11.3. The average molecular weight is 547 g/mol. The molecule has 2 aromatic rings. The topological polar surface area (TPSA) is 205 Å². The molecule has 0 aliphatic carbocycles. The number of aliphatic carboxylic acids is 4. The van der Waals surface area contributed by atoms with Crippen molar-refractivity contribution >= 4 is 46.6 Å². The van der Waals surface area contributed by atoms with Gasteiger partial charge in [0.1, 0.15) is 18.7 Å². The van der Waals surface area contributed by atoms with Crippen LogP contribution in [0.2, 0.25) is 0 Å². The number of carboxylic acid groups (broad SMARTS) is 4. The molecule has 200 valence electrons. The van der Waals surface area contributed by atoms with Crippen LogP contribution in [0, 0.1) is 0 Å². The van der Waals surface area contributed by atoms with Gasteiger partial charge in [0.05, 0.1) is 32.8 Å². The second kappa shape index (κ2) is 16.7. The minimum Gasteiger partial charge on any atom is -0.539 e. The van der Waals surface area contributed by atoms with Crippen molar-refractivity contribution in [3.63, 3.8) is 0 Å². The predicted octanol–water partition coefficient (Wildman–Crippen LogP) is -4.05. The van der Waals surface area contributed by atoms with Crippen molar-refractivity contribution in [1.82, 2.24) is 0 Å². The highest BCUT2D eigenvalue weighted by molar-refractivity contribution is 7.08. The van der Waals surface area contributed by atoms with Gasteiger partial charge in [0.2, 0.25) is 0 Å². The summed E-state index contributed by atoms with van der Waals surface area (Å²) in [5.74, 6) is -8.02. The van der Waals surface area contributed by atoms with Crippen molar-refractivity contribution < 1.29 is 59.7 Å². The van der Waals surface area contributed by atoms with Crippen molar-refractivity contribution in [3.8, 4) is 0 Å². The van der Waals surface area contributed by atoms with Gasteiger partial charge in [-0.05, 0) is 44.8 Å². The van der Waals surface area contributed by atoms with Gasteiger partial charge < -0.3 is 50.1 Å². The van der Waals surface area contributed by atoms with Gasteiger partial charge in [0, 0.05) is 12.8 Å². The zero-order valence-electron chi connectivity index (χ0n) is 19.4. The van der Waals surface area contributed by atoms with E-state index in [0.717, 1.165) is 56.9 Å². The van der Waals surface area contributed by atoms with Gasteiger partial charge in [-0.2, -0.15) is 22.7 Å². The number of carbonyl (C=O) groups excluding carboxylic acids is 2. The maximum Gasteiger partial charge on any atom is 0.351 e. The van der Waals surface area contributed by atoms with Crippen LogP contribution in [-0.2, 0) is 29.5 Å². The summed E-state index contributed by atoms with van der Waals surface area (Å²) >= 11 is 3.29. The van der Waals surface area contributed by atoms with E-state index >= 15 is 0 Å². The largest absolute Gasteiger partial charge is 0.539 e. The molecule has 36 heavy (non-hydrogen) atoms. The summed E-state index contributed by atoms with van der Waals surface area (Å²) in [5, 5.41) is 54.5. The summed E-state index contributed by atoms with van der Waals surface area (Å²) in [6, 6.07) is 4.09. The third kappa shape index (κ3) is 11.7. The standard InChI is InChI=1S/C18H26N2O2S2.2C2H2O4/c21-18(16-2-12-23-14-16,17-3-13-24-15-17)4-6-19-5-1-7-20-8-10-22-11-9-20;2*3-1(4)2(5)6/h2-3,12-15,19,21H,1,4-11H2;2*(H,3,4)(H,5,6). The molecule has 0 radical (unpaired) electrons. The minimum atomic E-state index is -2.07. The van der Waals surface area contributed by atoms with Crippen LogP contribution in [0.25, 0.3) is 0 Å². The van der Waals surface area contributed by atoms with E-state index in [0.29, 0.717) is 0 Å². The first-order valence-corrected chi connectivity index (χ1v) is 12.9. The van der Waals surface area contributed by atoms with Gasteiger partial charge in [-0.25, -0.2) is 9.59 Å². The van der Waals surface area contributed by atoms with Crippen molar-refractivity contribution in [3.05, 3.63) is 44.8 Å². The fourth-order valence-corrected chi connectivity index (χ4v) is 4.76.